The van der Waals surface area contributed by atoms with Gasteiger partial charge in [-0.2, -0.15) is 9.78 Å². The summed E-state index contributed by atoms with van der Waals surface area (Å²) in [5.41, 5.74) is 1.51. The van der Waals surface area contributed by atoms with Gasteiger partial charge in [0, 0.05) is 15.6 Å². The van der Waals surface area contributed by atoms with Crippen LogP contribution in [-0.4, -0.2) is 22.4 Å². The van der Waals surface area contributed by atoms with Gasteiger partial charge in [-0.05, 0) is 37.6 Å². The number of aromatic nitrogens is 2. The monoisotopic (exact) mass is 432 g/mol. The predicted octanol–water partition coefficient (Wildman–Crippen LogP) is 4.60. The van der Waals surface area contributed by atoms with Crippen LogP contribution in [-0.2, 0) is 11.3 Å². The summed E-state index contributed by atoms with van der Waals surface area (Å²) >= 11 is 12.1. The molecule has 0 aliphatic rings. The Morgan fingerprint density at radius 2 is 1.90 bits per heavy atom. The largest absolute Gasteiger partial charge is 0.486 e. The summed E-state index contributed by atoms with van der Waals surface area (Å²) in [6.07, 6.45) is 0. The first-order chi connectivity index (χ1) is 13.9. The van der Waals surface area contributed by atoms with Gasteiger partial charge in [0.15, 0.2) is 5.75 Å². The van der Waals surface area contributed by atoms with Crippen LogP contribution in [0.4, 0.5) is 0 Å². The number of para-hydroxylation sites is 1. The number of nitrogens with zero attached hydrogens (tertiary/aromatic N) is 2. The first-order valence-corrected chi connectivity index (χ1v) is 9.60. The van der Waals surface area contributed by atoms with Crippen molar-refractivity contribution in [2.75, 3.05) is 6.61 Å². The lowest BCUT2D eigenvalue weighted by molar-refractivity contribution is 0.0511. The topological polar surface area (TPSA) is 70.4 Å². The fraction of sp³-hybridized carbons (Fsp3) is 0.190. The van der Waals surface area contributed by atoms with Crippen molar-refractivity contribution in [1.29, 1.82) is 0 Å². The molecular weight excluding hydrogens is 415 g/mol. The van der Waals surface area contributed by atoms with Crippen LogP contribution in [0.25, 0.3) is 5.69 Å². The van der Waals surface area contributed by atoms with E-state index in [0.29, 0.717) is 21.3 Å². The van der Waals surface area contributed by atoms with Gasteiger partial charge < -0.3 is 9.47 Å². The molecule has 6 nitrogen and oxygen atoms in total. The van der Waals surface area contributed by atoms with E-state index in [1.165, 1.54) is 6.07 Å². The second kappa shape index (κ2) is 9.11. The van der Waals surface area contributed by atoms with E-state index in [1.54, 1.807) is 37.3 Å². The van der Waals surface area contributed by atoms with Gasteiger partial charge in [0.25, 0.3) is 5.56 Å². The standard InChI is InChI=1S/C21H18Cl2N2O4/c1-3-28-21(27)20-18(29-12-14-8-9-15(22)10-16(14)23)11-19(26)25(24-20)17-7-5-4-6-13(17)2/h4-11H,3,12H2,1-2H3. The Balaban J connectivity index is 2.01. The molecule has 1 heterocycles. The maximum atomic E-state index is 12.7. The number of hydrogen-bond acceptors (Lipinski definition) is 5. The number of rotatable bonds is 6. The zero-order valence-corrected chi connectivity index (χ0v) is 17.3. The maximum absolute atomic E-state index is 12.7. The second-order valence-corrected chi connectivity index (χ2v) is 6.98. The number of aryl methyl sites for hydroxylation is 1. The van der Waals surface area contributed by atoms with Crippen LogP contribution in [0.1, 0.15) is 28.5 Å². The zero-order chi connectivity index (χ0) is 21.0. The SMILES string of the molecule is CCOC(=O)c1nn(-c2ccccc2C)c(=O)cc1OCc1ccc(Cl)cc1Cl. The predicted molar refractivity (Wildman–Crippen MR) is 111 cm³/mol. The van der Waals surface area contributed by atoms with Crippen LogP contribution >= 0.6 is 23.2 Å². The van der Waals surface area contributed by atoms with Crippen LogP contribution in [0, 0.1) is 6.92 Å². The minimum absolute atomic E-state index is 0.0179. The molecule has 0 N–H and O–H groups in total. The van der Waals surface area contributed by atoms with Crippen molar-refractivity contribution in [2.45, 2.75) is 20.5 Å². The molecule has 0 amide bonds. The fourth-order valence-electron chi connectivity index (χ4n) is 2.66. The summed E-state index contributed by atoms with van der Waals surface area (Å²) in [5, 5.41) is 5.13. The van der Waals surface area contributed by atoms with E-state index in [0.717, 1.165) is 10.2 Å². The summed E-state index contributed by atoms with van der Waals surface area (Å²) in [5.74, 6) is -0.670. The minimum atomic E-state index is -0.688. The maximum Gasteiger partial charge on any atom is 0.362 e. The molecule has 1 aromatic heterocycles. The third-order valence-electron chi connectivity index (χ3n) is 4.11. The molecule has 0 aliphatic heterocycles. The minimum Gasteiger partial charge on any atom is -0.486 e. The second-order valence-electron chi connectivity index (χ2n) is 6.14. The van der Waals surface area contributed by atoms with E-state index in [4.69, 9.17) is 32.7 Å². The zero-order valence-electron chi connectivity index (χ0n) is 15.8. The van der Waals surface area contributed by atoms with E-state index < -0.39 is 11.5 Å². The molecule has 0 saturated carbocycles. The van der Waals surface area contributed by atoms with Crippen molar-refractivity contribution >= 4 is 29.2 Å². The first kappa shape index (κ1) is 20.9. The Hall–Kier alpha value is -2.83. The van der Waals surface area contributed by atoms with Crippen molar-refractivity contribution in [3.05, 3.63) is 85.8 Å². The van der Waals surface area contributed by atoms with Crippen LogP contribution in [0.5, 0.6) is 5.75 Å². The smallest absolute Gasteiger partial charge is 0.362 e. The van der Waals surface area contributed by atoms with Gasteiger partial charge in [-0.15, -0.1) is 0 Å². The average molecular weight is 433 g/mol. The van der Waals surface area contributed by atoms with E-state index in [1.807, 2.05) is 19.1 Å². The lowest BCUT2D eigenvalue weighted by atomic mass is 10.2. The van der Waals surface area contributed by atoms with Gasteiger partial charge >= 0.3 is 5.97 Å². The molecule has 0 spiro atoms. The summed E-state index contributed by atoms with van der Waals surface area (Å²) in [4.78, 5) is 25.1. The van der Waals surface area contributed by atoms with Gasteiger partial charge in [0.1, 0.15) is 6.61 Å². The molecule has 0 radical (unpaired) electrons. The van der Waals surface area contributed by atoms with Crippen molar-refractivity contribution in [3.8, 4) is 11.4 Å². The Labute approximate surface area is 177 Å². The summed E-state index contributed by atoms with van der Waals surface area (Å²) in [6, 6.07) is 13.4. The van der Waals surface area contributed by atoms with Gasteiger partial charge in [0.05, 0.1) is 18.4 Å². The Bertz CT molecular complexity index is 1110. The third-order valence-corrected chi connectivity index (χ3v) is 4.69. The van der Waals surface area contributed by atoms with E-state index in [2.05, 4.69) is 5.10 Å². The Kier molecular flexibility index (Phi) is 6.56. The normalized spacial score (nSPS) is 10.6. The van der Waals surface area contributed by atoms with E-state index >= 15 is 0 Å². The number of esters is 1. The van der Waals surface area contributed by atoms with Crippen LogP contribution in [0.3, 0.4) is 0 Å². The molecular formula is C21H18Cl2N2O4. The molecule has 0 atom stereocenters. The van der Waals surface area contributed by atoms with Crippen LogP contribution in [0.15, 0.2) is 53.3 Å². The Morgan fingerprint density at radius 1 is 1.14 bits per heavy atom. The van der Waals surface area contributed by atoms with Gasteiger partial charge in [-0.1, -0.05) is 47.5 Å². The number of benzene rings is 2. The molecule has 3 aromatic rings. The molecule has 0 saturated heterocycles. The molecule has 150 valence electrons. The molecule has 2 aromatic carbocycles. The summed E-state index contributed by atoms with van der Waals surface area (Å²) in [7, 11) is 0. The molecule has 0 bridgehead atoms. The van der Waals surface area contributed by atoms with Gasteiger partial charge in [-0.3, -0.25) is 4.79 Å². The number of hydrogen-bond donors (Lipinski definition) is 0. The van der Waals surface area contributed by atoms with Crippen molar-refractivity contribution in [1.82, 2.24) is 9.78 Å². The fourth-order valence-corrected chi connectivity index (χ4v) is 3.12. The number of halogens is 2. The number of carbonyl (C=O) groups excluding carboxylic acids is 1. The summed E-state index contributed by atoms with van der Waals surface area (Å²) < 4.78 is 11.9. The lowest BCUT2D eigenvalue weighted by Gasteiger charge is -2.14. The molecule has 8 heteroatoms. The summed E-state index contributed by atoms with van der Waals surface area (Å²) in [6.45, 7) is 3.72. The van der Waals surface area contributed by atoms with Crippen molar-refractivity contribution < 1.29 is 14.3 Å². The highest BCUT2D eigenvalue weighted by molar-refractivity contribution is 6.35. The average Bonchev–Trinajstić information content (AvgIpc) is 2.68. The highest BCUT2D eigenvalue weighted by atomic mass is 35.5. The quantitative estimate of drug-likeness (QED) is 0.532. The first-order valence-electron chi connectivity index (χ1n) is 8.85. The van der Waals surface area contributed by atoms with E-state index in [-0.39, 0.29) is 24.7 Å². The van der Waals surface area contributed by atoms with E-state index in [9.17, 15) is 9.59 Å². The number of ether oxygens (including phenoxy) is 2. The third kappa shape index (κ3) is 4.78. The molecule has 29 heavy (non-hydrogen) atoms. The molecule has 0 aliphatic carbocycles. The van der Waals surface area contributed by atoms with Crippen molar-refractivity contribution in [2.24, 2.45) is 0 Å². The number of carbonyl (C=O) groups is 1. The lowest BCUT2D eigenvalue weighted by Crippen LogP contribution is -2.25. The molecule has 3 rings (SSSR count). The van der Waals surface area contributed by atoms with Gasteiger partial charge in [-0.25, -0.2) is 4.79 Å². The highest BCUT2D eigenvalue weighted by Gasteiger charge is 2.20. The Morgan fingerprint density at radius 3 is 2.59 bits per heavy atom. The van der Waals surface area contributed by atoms with Gasteiger partial charge in [0.2, 0.25) is 5.69 Å². The molecule has 0 fully saturated rings. The highest BCUT2D eigenvalue weighted by Crippen LogP contribution is 2.24. The van der Waals surface area contributed by atoms with Crippen molar-refractivity contribution in [3.63, 3.8) is 0 Å². The van der Waals surface area contributed by atoms with Crippen LogP contribution < -0.4 is 10.3 Å². The van der Waals surface area contributed by atoms with Crippen LogP contribution in [0.2, 0.25) is 10.0 Å². The molecule has 0 unspecified atom stereocenters.